The molecule has 3 nitrogen and oxygen atoms in total. The molecular weight excluding hydrogens is 305 g/mol. The van der Waals surface area contributed by atoms with Gasteiger partial charge in [-0.15, -0.1) is 0 Å². The summed E-state index contributed by atoms with van der Waals surface area (Å²) in [5, 5.41) is 0. The second-order valence-corrected chi connectivity index (χ2v) is 6.01. The van der Waals surface area contributed by atoms with Gasteiger partial charge < -0.3 is 4.90 Å². The Balaban J connectivity index is 2.04. The molecule has 1 aliphatic heterocycles. The lowest BCUT2D eigenvalue weighted by Gasteiger charge is -2.26. The fourth-order valence-electron chi connectivity index (χ4n) is 2.57. The van der Waals surface area contributed by atoms with Crippen LogP contribution in [-0.4, -0.2) is 11.4 Å². The van der Waals surface area contributed by atoms with Gasteiger partial charge in [0.2, 0.25) is 5.91 Å². The average Bonchev–Trinajstić information content (AvgIpc) is 2.55. The SMILES string of the molecule is O=C(P)CCC(=O)N1Cc2ccccc2C#Cc2ccccc21. The van der Waals surface area contributed by atoms with Gasteiger partial charge in [-0.05, 0) is 23.8 Å². The molecule has 0 aromatic heterocycles. The van der Waals surface area contributed by atoms with E-state index in [0.29, 0.717) is 6.54 Å². The van der Waals surface area contributed by atoms with Gasteiger partial charge in [0.1, 0.15) is 5.52 Å². The lowest BCUT2D eigenvalue weighted by atomic mass is 10.0. The van der Waals surface area contributed by atoms with Crippen LogP contribution in [0.5, 0.6) is 0 Å². The van der Waals surface area contributed by atoms with E-state index >= 15 is 0 Å². The minimum Gasteiger partial charge on any atom is -0.307 e. The van der Waals surface area contributed by atoms with Crippen molar-refractivity contribution in [2.75, 3.05) is 4.90 Å². The summed E-state index contributed by atoms with van der Waals surface area (Å²) in [6.45, 7) is 0.464. The molecule has 2 aromatic rings. The predicted octanol–water partition coefficient (Wildman–Crippen LogP) is 3.11. The summed E-state index contributed by atoms with van der Waals surface area (Å²) in [6.07, 6.45) is 0.432. The van der Waals surface area contributed by atoms with E-state index in [1.54, 1.807) is 4.90 Å². The molecule has 1 heterocycles. The highest BCUT2D eigenvalue weighted by molar-refractivity contribution is 7.40. The maximum atomic E-state index is 12.7. The van der Waals surface area contributed by atoms with E-state index in [2.05, 4.69) is 21.1 Å². The second kappa shape index (κ2) is 6.77. The summed E-state index contributed by atoms with van der Waals surface area (Å²) < 4.78 is 0. The summed E-state index contributed by atoms with van der Waals surface area (Å²) in [4.78, 5) is 25.6. The molecule has 1 amide bonds. The van der Waals surface area contributed by atoms with E-state index < -0.39 is 0 Å². The van der Waals surface area contributed by atoms with E-state index in [4.69, 9.17) is 0 Å². The Hall–Kier alpha value is -2.43. The van der Waals surface area contributed by atoms with Crippen LogP contribution in [0.2, 0.25) is 0 Å². The third-order valence-corrected chi connectivity index (χ3v) is 4.05. The summed E-state index contributed by atoms with van der Waals surface area (Å²) in [7, 11) is 2.12. The molecule has 3 rings (SSSR count). The number of anilines is 1. The zero-order valence-corrected chi connectivity index (χ0v) is 13.7. The van der Waals surface area contributed by atoms with E-state index in [-0.39, 0.29) is 24.3 Å². The summed E-state index contributed by atoms with van der Waals surface area (Å²) in [6, 6.07) is 15.5. The zero-order valence-electron chi connectivity index (χ0n) is 12.6. The van der Waals surface area contributed by atoms with Crippen molar-refractivity contribution in [2.45, 2.75) is 19.4 Å². The molecule has 1 aliphatic rings. The van der Waals surface area contributed by atoms with Gasteiger partial charge in [-0.3, -0.25) is 9.59 Å². The normalized spacial score (nSPS) is 12.1. The number of nitrogens with zero attached hydrogens (tertiary/aromatic N) is 1. The number of amides is 1. The van der Waals surface area contributed by atoms with Crippen LogP contribution in [0.1, 0.15) is 29.5 Å². The number of para-hydroxylation sites is 1. The highest BCUT2D eigenvalue weighted by atomic mass is 31.0. The van der Waals surface area contributed by atoms with Crippen LogP contribution >= 0.6 is 9.24 Å². The van der Waals surface area contributed by atoms with Crippen molar-refractivity contribution in [3.05, 3.63) is 65.2 Å². The molecule has 0 N–H and O–H groups in total. The Morgan fingerprint density at radius 1 is 0.957 bits per heavy atom. The quantitative estimate of drug-likeness (QED) is 0.643. The van der Waals surface area contributed by atoms with Gasteiger partial charge in [-0.25, -0.2) is 0 Å². The van der Waals surface area contributed by atoms with E-state index in [1.807, 2.05) is 48.5 Å². The molecule has 114 valence electrons. The molecule has 0 saturated carbocycles. The van der Waals surface area contributed by atoms with E-state index in [1.165, 1.54) is 0 Å². The Morgan fingerprint density at radius 3 is 2.39 bits per heavy atom. The third kappa shape index (κ3) is 3.50. The molecular formula is C19H16NO2P. The van der Waals surface area contributed by atoms with Crippen LogP contribution < -0.4 is 4.90 Å². The molecule has 1 unspecified atom stereocenters. The molecule has 0 bridgehead atoms. The van der Waals surface area contributed by atoms with Gasteiger partial charge in [0.15, 0.2) is 0 Å². The number of rotatable bonds is 3. The number of carbonyl (C=O) groups is 2. The first-order chi connectivity index (χ1) is 11.1. The van der Waals surface area contributed by atoms with E-state index in [0.717, 1.165) is 22.4 Å². The van der Waals surface area contributed by atoms with Crippen molar-refractivity contribution in [3.63, 3.8) is 0 Å². The zero-order chi connectivity index (χ0) is 16.2. The monoisotopic (exact) mass is 321 g/mol. The minimum absolute atomic E-state index is 0.0566. The first-order valence-corrected chi connectivity index (χ1v) is 8.00. The standard InChI is InChI=1S/C19H16NO2P/c21-18(11-12-19(22)23)20-13-16-7-2-1-5-14(16)9-10-15-6-3-4-8-17(15)20/h1-8H,11-13,23H2. The van der Waals surface area contributed by atoms with Gasteiger partial charge in [-0.1, -0.05) is 51.4 Å². The minimum atomic E-state index is -0.0632. The average molecular weight is 321 g/mol. The molecule has 2 aromatic carbocycles. The van der Waals surface area contributed by atoms with Crippen LogP contribution in [0.15, 0.2) is 48.5 Å². The molecule has 0 saturated heterocycles. The third-order valence-electron chi connectivity index (χ3n) is 3.76. The largest absolute Gasteiger partial charge is 0.307 e. The molecule has 1 atom stereocenters. The molecule has 0 radical (unpaired) electrons. The van der Waals surface area contributed by atoms with Gasteiger partial charge in [0.05, 0.1) is 12.2 Å². The smallest absolute Gasteiger partial charge is 0.227 e. The van der Waals surface area contributed by atoms with Gasteiger partial charge >= 0.3 is 0 Å². The van der Waals surface area contributed by atoms with Crippen molar-refractivity contribution < 1.29 is 9.59 Å². The molecule has 0 spiro atoms. The number of benzene rings is 2. The number of carbonyl (C=O) groups excluding carboxylic acids is 2. The lowest BCUT2D eigenvalue weighted by molar-refractivity contribution is -0.121. The first kappa shape index (κ1) is 15.5. The van der Waals surface area contributed by atoms with Crippen LogP contribution in [-0.2, 0) is 16.1 Å². The van der Waals surface area contributed by atoms with Crippen molar-refractivity contribution in [2.24, 2.45) is 0 Å². The van der Waals surface area contributed by atoms with Crippen LogP contribution in [0.25, 0.3) is 0 Å². The van der Waals surface area contributed by atoms with Crippen LogP contribution in [0, 0.1) is 11.8 Å². The first-order valence-electron chi connectivity index (χ1n) is 7.43. The Bertz CT molecular complexity index is 833. The highest BCUT2D eigenvalue weighted by Gasteiger charge is 2.21. The summed E-state index contributed by atoms with van der Waals surface area (Å²) >= 11 is 0. The predicted molar refractivity (Wildman–Crippen MR) is 94.0 cm³/mol. The topological polar surface area (TPSA) is 37.4 Å². The second-order valence-electron chi connectivity index (χ2n) is 5.37. The number of hydrogen-bond acceptors (Lipinski definition) is 2. The maximum absolute atomic E-state index is 12.7. The molecule has 0 fully saturated rings. The van der Waals surface area contributed by atoms with Crippen molar-refractivity contribution in [1.29, 1.82) is 0 Å². The van der Waals surface area contributed by atoms with Gasteiger partial charge in [0.25, 0.3) is 0 Å². The Morgan fingerprint density at radius 2 is 1.61 bits per heavy atom. The maximum Gasteiger partial charge on any atom is 0.227 e. The number of fused-ring (bicyclic) bond motifs is 2. The summed E-state index contributed by atoms with van der Waals surface area (Å²) in [5.41, 5.74) is 3.52. The summed E-state index contributed by atoms with van der Waals surface area (Å²) in [5.74, 6) is 6.28. The number of hydrogen-bond donors (Lipinski definition) is 0. The van der Waals surface area contributed by atoms with Crippen molar-refractivity contribution in [1.82, 2.24) is 0 Å². The van der Waals surface area contributed by atoms with Crippen LogP contribution in [0.3, 0.4) is 0 Å². The van der Waals surface area contributed by atoms with E-state index in [9.17, 15) is 9.59 Å². The lowest BCUT2D eigenvalue weighted by Crippen LogP contribution is -2.31. The fourth-order valence-corrected chi connectivity index (χ4v) is 2.72. The van der Waals surface area contributed by atoms with Crippen LogP contribution in [0.4, 0.5) is 5.69 Å². The molecule has 0 aliphatic carbocycles. The highest BCUT2D eigenvalue weighted by Crippen LogP contribution is 2.26. The Kier molecular flexibility index (Phi) is 4.55. The molecule has 4 heteroatoms. The molecule has 23 heavy (non-hydrogen) atoms. The van der Waals surface area contributed by atoms with Crippen molar-refractivity contribution in [3.8, 4) is 11.8 Å². The fraction of sp³-hybridized carbons (Fsp3) is 0.158. The van der Waals surface area contributed by atoms with Crippen molar-refractivity contribution >= 4 is 26.4 Å². The van der Waals surface area contributed by atoms with Gasteiger partial charge in [0, 0.05) is 24.0 Å². The van der Waals surface area contributed by atoms with Gasteiger partial charge in [-0.2, -0.15) is 0 Å². The Labute approximate surface area is 137 Å².